The number of rotatable bonds is 5. The molecule has 3 heterocycles. The van der Waals surface area contributed by atoms with Gasteiger partial charge < -0.3 is 4.57 Å². The Kier molecular flexibility index (Phi) is 7.06. The van der Waals surface area contributed by atoms with Crippen molar-refractivity contribution in [3.05, 3.63) is 181 Å². The van der Waals surface area contributed by atoms with Gasteiger partial charge >= 0.3 is 0 Å². The molecule has 0 aliphatic heterocycles. The van der Waals surface area contributed by atoms with Gasteiger partial charge in [0.15, 0.2) is 0 Å². The van der Waals surface area contributed by atoms with Crippen LogP contribution in [0.3, 0.4) is 0 Å². The van der Waals surface area contributed by atoms with Crippen LogP contribution in [0.15, 0.2) is 176 Å². The number of thiophene rings is 1. The fraction of sp³-hybridized carbons (Fsp3) is 0. The summed E-state index contributed by atoms with van der Waals surface area (Å²) in [7, 11) is 0. The fourth-order valence-electron chi connectivity index (χ4n) is 7.57. The van der Waals surface area contributed by atoms with Gasteiger partial charge in [0.1, 0.15) is 0 Å². The van der Waals surface area contributed by atoms with E-state index in [0.717, 1.165) is 56.0 Å². The van der Waals surface area contributed by atoms with Crippen LogP contribution in [0.1, 0.15) is 5.56 Å². The quantitative estimate of drug-likeness (QED) is 0.182. The molecule has 10 aromatic rings. The van der Waals surface area contributed by atoms with Crippen LogP contribution in [0.4, 0.5) is 0 Å². The standard InChI is InChI=1S/C48H29N3S/c49-30-31-12-11-17-34(24-31)35-25-36(37-28-42(32-13-3-1-4-14-32)50-43(29-37)33-15-5-2-6-16-33)27-38(26-35)51-44-20-9-7-19-41(44)47-45(51)23-22-40-39-18-8-10-21-46(39)52-48(40)47/h1-29H. The van der Waals surface area contributed by atoms with E-state index in [-0.39, 0.29) is 0 Å². The number of aromatic nitrogens is 2. The maximum Gasteiger partial charge on any atom is 0.0991 e. The zero-order chi connectivity index (χ0) is 34.6. The van der Waals surface area contributed by atoms with Gasteiger partial charge in [-0.05, 0) is 82.9 Å². The second kappa shape index (κ2) is 12.2. The summed E-state index contributed by atoms with van der Waals surface area (Å²) in [4.78, 5) is 5.16. The van der Waals surface area contributed by atoms with E-state index in [2.05, 4.69) is 156 Å². The van der Waals surface area contributed by atoms with E-state index in [1.54, 1.807) is 0 Å². The summed E-state index contributed by atoms with van der Waals surface area (Å²) >= 11 is 1.87. The number of fused-ring (bicyclic) bond motifs is 7. The molecule has 0 radical (unpaired) electrons. The van der Waals surface area contributed by atoms with Crippen molar-refractivity contribution in [2.75, 3.05) is 0 Å². The Bertz CT molecular complexity index is 2960. The zero-order valence-corrected chi connectivity index (χ0v) is 28.8. The Morgan fingerprint density at radius 2 is 1.08 bits per heavy atom. The van der Waals surface area contributed by atoms with Crippen molar-refractivity contribution in [2.45, 2.75) is 0 Å². The maximum atomic E-state index is 9.84. The monoisotopic (exact) mass is 679 g/mol. The number of benzene rings is 7. The van der Waals surface area contributed by atoms with Crippen LogP contribution in [0, 0.1) is 11.3 Å². The summed E-state index contributed by atoms with van der Waals surface area (Å²) in [5, 5.41) is 14.9. The molecule has 3 aromatic heterocycles. The third kappa shape index (κ3) is 4.99. The van der Waals surface area contributed by atoms with Crippen molar-refractivity contribution in [1.82, 2.24) is 9.55 Å². The number of nitrogens with zero attached hydrogens (tertiary/aromatic N) is 3. The Balaban J connectivity index is 1.28. The summed E-state index contributed by atoms with van der Waals surface area (Å²) in [6, 6.07) is 64.2. The molecule has 0 saturated heterocycles. The minimum absolute atomic E-state index is 0.634. The Labute approximate surface area is 304 Å². The van der Waals surface area contributed by atoms with E-state index in [9.17, 15) is 5.26 Å². The van der Waals surface area contributed by atoms with Gasteiger partial charge in [-0.15, -0.1) is 11.3 Å². The van der Waals surface area contributed by atoms with Crippen molar-refractivity contribution in [3.63, 3.8) is 0 Å². The molecule has 0 atom stereocenters. The van der Waals surface area contributed by atoms with Crippen molar-refractivity contribution < 1.29 is 0 Å². The first-order valence-electron chi connectivity index (χ1n) is 17.3. The SMILES string of the molecule is N#Cc1cccc(-c2cc(-c3cc(-c4ccccc4)nc(-c4ccccc4)c3)cc(-n3c4ccccc4c4c5sc6ccccc6c5ccc43)c2)c1. The van der Waals surface area contributed by atoms with Crippen molar-refractivity contribution in [2.24, 2.45) is 0 Å². The van der Waals surface area contributed by atoms with Crippen LogP contribution in [-0.4, -0.2) is 9.55 Å². The highest BCUT2D eigenvalue weighted by Gasteiger charge is 2.19. The lowest BCUT2D eigenvalue weighted by atomic mass is 9.95. The van der Waals surface area contributed by atoms with E-state index in [4.69, 9.17) is 4.98 Å². The third-order valence-corrected chi connectivity index (χ3v) is 11.2. The lowest BCUT2D eigenvalue weighted by Crippen LogP contribution is -1.97. The summed E-state index contributed by atoms with van der Waals surface area (Å²) in [6.07, 6.45) is 0. The molecule has 0 aliphatic carbocycles. The molecule has 0 aliphatic rings. The van der Waals surface area contributed by atoms with Gasteiger partial charge in [0, 0.05) is 47.8 Å². The van der Waals surface area contributed by atoms with Crippen LogP contribution < -0.4 is 0 Å². The summed E-state index contributed by atoms with van der Waals surface area (Å²) < 4.78 is 5.01. The van der Waals surface area contributed by atoms with Gasteiger partial charge in [0.05, 0.1) is 34.1 Å². The molecule has 0 unspecified atom stereocenters. The van der Waals surface area contributed by atoms with Gasteiger partial charge in [-0.25, -0.2) is 4.98 Å². The first-order valence-corrected chi connectivity index (χ1v) is 18.2. The van der Waals surface area contributed by atoms with Crippen LogP contribution >= 0.6 is 11.3 Å². The third-order valence-electron chi connectivity index (χ3n) is 9.98. The normalized spacial score (nSPS) is 11.4. The van der Waals surface area contributed by atoms with E-state index in [1.165, 1.54) is 36.5 Å². The topological polar surface area (TPSA) is 41.6 Å². The summed E-state index contributed by atoms with van der Waals surface area (Å²) in [5.41, 5.74) is 12.1. The highest BCUT2D eigenvalue weighted by atomic mass is 32.1. The second-order valence-corrected chi connectivity index (χ2v) is 14.2. The lowest BCUT2D eigenvalue weighted by molar-refractivity contribution is 1.18. The van der Waals surface area contributed by atoms with Gasteiger partial charge in [-0.2, -0.15) is 5.26 Å². The van der Waals surface area contributed by atoms with E-state index in [1.807, 2.05) is 41.7 Å². The fourth-order valence-corrected chi connectivity index (χ4v) is 8.82. The molecule has 0 saturated carbocycles. The largest absolute Gasteiger partial charge is 0.309 e. The summed E-state index contributed by atoms with van der Waals surface area (Å²) in [5.74, 6) is 0. The molecule has 0 fully saturated rings. The molecule has 242 valence electrons. The van der Waals surface area contributed by atoms with Crippen molar-refractivity contribution in [3.8, 4) is 56.5 Å². The molecule has 4 heteroatoms. The summed E-state index contributed by atoms with van der Waals surface area (Å²) in [6.45, 7) is 0. The Morgan fingerprint density at radius 3 is 1.81 bits per heavy atom. The van der Waals surface area contributed by atoms with E-state index < -0.39 is 0 Å². The lowest BCUT2D eigenvalue weighted by Gasteiger charge is -2.16. The predicted molar refractivity (Wildman–Crippen MR) is 218 cm³/mol. The van der Waals surface area contributed by atoms with Crippen LogP contribution in [-0.2, 0) is 0 Å². The van der Waals surface area contributed by atoms with E-state index >= 15 is 0 Å². The number of pyridine rings is 1. The highest BCUT2D eigenvalue weighted by molar-refractivity contribution is 7.26. The van der Waals surface area contributed by atoms with E-state index in [0.29, 0.717) is 5.56 Å². The number of hydrogen-bond donors (Lipinski definition) is 0. The van der Waals surface area contributed by atoms with Gasteiger partial charge in [-0.1, -0.05) is 115 Å². The molecule has 0 bridgehead atoms. The Morgan fingerprint density at radius 1 is 0.462 bits per heavy atom. The van der Waals surface area contributed by atoms with Crippen LogP contribution in [0.25, 0.3) is 92.4 Å². The van der Waals surface area contributed by atoms with Gasteiger partial charge in [0.2, 0.25) is 0 Å². The molecule has 52 heavy (non-hydrogen) atoms. The van der Waals surface area contributed by atoms with Crippen LogP contribution in [0.2, 0.25) is 0 Å². The molecular weight excluding hydrogens is 651 g/mol. The molecular formula is C48H29N3S. The number of para-hydroxylation sites is 1. The first kappa shape index (κ1) is 30.1. The van der Waals surface area contributed by atoms with Gasteiger partial charge in [0.25, 0.3) is 0 Å². The van der Waals surface area contributed by atoms with Crippen LogP contribution in [0.5, 0.6) is 0 Å². The van der Waals surface area contributed by atoms with Crippen molar-refractivity contribution in [1.29, 1.82) is 5.26 Å². The molecule has 0 spiro atoms. The first-order chi connectivity index (χ1) is 25.7. The minimum atomic E-state index is 0.634. The average Bonchev–Trinajstić information content (AvgIpc) is 3.77. The molecule has 7 aromatic carbocycles. The highest BCUT2D eigenvalue weighted by Crippen LogP contribution is 2.44. The second-order valence-electron chi connectivity index (χ2n) is 13.1. The number of hydrogen-bond acceptors (Lipinski definition) is 3. The average molecular weight is 680 g/mol. The zero-order valence-electron chi connectivity index (χ0n) is 28.0. The smallest absolute Gasteiger partial charge is 0.0991 e. The molecule has 3 nitrogen and oxygen atoms in total. The number of nitriles is 1. The van der Waals surface area contributed by atoms with Gasteiger partial charge in [-0.3, -0.25) is 0 Å². The maximum absolute atomic E-state index is 9.84. The molecule has 0 N–H and O–H groups in total. The molecule has 10 rings (SSSR count). The van der Waals surface area contributed by atoms with Crippen molar-refractivity contribution >= 4 is 53.3 Å². The Hall–Kier alpha value is -6.80. The predicted octanol–water partition coefficient (Wildman–Crippen LogP) is 13.1. The minimum Gasteiger partial charge on any atom is -0.309 e. The molecule has 0 amide bonds.